The van der Waals surface area contributed by atoms with Gasteiger partial charge in [-0.15, -0.1) is 0 Å². The predicted octanol–water partition coefficient (Wildman–Crippen LogP) is 6.46. The quantitative estimate of drug-likeness (QED) is 0.468. The van der Waals surface area contributed by atoms with Crippen molar-refractivity contribution in [1.82, 2.24) is 0 Å². The van der Waals surface area contributed by atoms with Crippen LogP contribution in [0.1, 0.15) is 16.7 Å². The van der Waals surface area contributed by atoms with Gasteiger partial charge in [-0.05, 0) is 61.0 Å². The number of ether oxygens (including phenoxy) is 1. The molecule has 0 radical (unpaired) electrons. The Kier molecular flexibility index (Phi) is 6.11. The first kappa shape index (κ1) is 21.6. The number of nitrogens with zero attached hydrogens (tertiary/aromatic N) is 1. The van der Waals surface area contributed by atoms with Crippen LogP contribution in [-0.2, 0) is 6.18 Å². The molecule has 0 aliphatic rings. The number of benzene rings is 3. The van der Waals surface area contributed by atoms with E-state index >= 15 is 0 Å². The summed E-state index contributed by atoms with van der Waals surface area (Å²) < 4.78 is 57.6. The number of urea groups is 1. The van der Waals surface area contributed by atoms with Gasteiger partial charge in [0.25, 0.3) is 0 Å². The fourth-order valence-electron chi connectivity index (χ4n) is 2.63. The molecule has 0 aliphatic heterocycles. The molecule has 0 bridgehead atoms. The van der Waals surface area contributed by atoms with Crippen molar-refractivity contribution in [2.45, 2.75) is 13.1 Å². The highest BCUT2D eigenvalue weighted by atomic mass is 19.4. The molecule has 2 N–H and O–H groups in total. The van der Waals surface area contributed by atoms with E-state index in [1.165, 1.54) is 0 Å². The van der Waals surface area contributed by atoms with Gasteiger partial charge in [-0.1, -0.05) is 6.07 Å². The van der Waals surface area contributed by atoms with E-state index in [2.05, 4.69) is 10.6 Å². The Morgan fingerprint density at radius 1 is 0.968 bits per heavy atom. The molecule has 0 spiro atoms. The van der Waals surface area contributed by atoms with E-state index in [0.717, 1.165) is 11.6 Å². The van der Waals surface area contributed by atoms with Crippen molar-refractivity contribution in [2.24, 2.45) is 0 Å². The zero-order chi connectivity index (χ0) is 22.6. The lowest BCUT2D eigenvalue weighted by Crippen LogP contribution is -2.20. The van der Waals surface area contributed by atoms with Gasteiger partial charge >= 0.3 is 12.2 Å². The summed E-state index contributed by atoms with van der Waals surface area (Å²) in [6.45, 7) is 1.79. The average molecular weight is 429 g/mol. The van der Waals surface area contributed by atoms with Crippen molar-refractivity contribution in [3.05, 3.63) is 83.2 Å². The lowest BCUT2D eigenvalue weighted by atomic mass is 10.2. The topological polar surface area (TPSA) is 74.2 Å². The highest BCUT2D eigenvalue weighted by Gasteiger charge is 2.34. The molecular formula is C22H15F4N3O2. The smallest absolute Gasteiger partial charge is 0.419 e. The molecular weight excluding hydrogens is 414 g/mol. The third kappa shape index (κ3) is 5.51. The van der Waals surface area contributed by atoms with Gasteiger partial charge < -0.3 is 15.4 Å². The molecule has 0 fully saturated rings. The maximum atomic E-state index is 13.4. The zero-order valence-corrected chi connectivity index (χ0v) is 16.0. The van der Waals surface area contributed by atoms with Crippen molar-refractivity contribution in [3.8, 4) is 17.6 Å². The molecule has 0 saturated heterocycles. The minimum Gasteiger partial charge on any atom is -0.457 e. The first-order valence-corrected chi connectivity index (χ1v) is 8.89. The van der Waals surface area contributed by atoms with E-state index in [9.17, 15) is 22.4 Å². The van der Waals surface area contributed by atoms with E-state index in [-0.39, 0.29) is 5.69 Å². The number of anilines is 2. The molecule has 3 aromatic rings. The van der Waals surface area contributed by atoms with Crippen molar-refractivity contribution < 1.29 is 27.1 Å². The molecule has 0 aromatic heterocycles. The zero-order valence-electron chi connectivity index (χ0n) is 16.0. The number of alkyl halides is 3. The third-order valence-corrected chi connectivity index (χ3v) is 4.19. The number of rotatable bonds is 4. The summed E-state index contributed by atoms with van der Waals surface area (Å²) in [5, 5.41) is 13.6. The lowest BCUT2D eigenvalue weighted by Gasteiger charge is -2.13. The van der Waals surface area contributed by atoms with Gasteiger partial charge in [0, 0.05) is 17.4 Å². The third-order valence-electron chi connectivity index (χ3n) is 4.19. The minimum atomic E-state index is -4.88. The molecule has 0 atom stereocenters. The Morgan fingerprint density at radius 2 is 1.58 bits per heavy atom. The Balaban J connectivity index is 1.72. The molecule has 0 aliphatic carbocycles. The number of aryl methyl sites for hydroxylation is 1. The highest BCUT2D eigenvalue weighted by molar-refractivity contribution is 5.99. The Labute approximate surface area is 174 Å². The standard InChI is InChI=1S/C22H15F4N3O2/c1-13-2-5-16(11-20(13)31-17-7-3-14(12-27)4-8-17)29-21(30)28-15-6-9-19(23)18(10-15)22(24,25)26/h2-11H,1H3,(H2,28,29,30). The van der Waals surface area contributed by atoms with Crippen molar-refractivity contribution >= 4 is 17.4 Å². The largest absolute Gasteiger partial charge is 0.457 e. The molecule has 3 aromatic carbocycles. The Bertz CT molecular complexity index is 1150. The van der Waals surface area contributed by atoms with Gasteiger partial charge in [0.05, 0.1) is 17.2 Å². The summed E-state index contributed by atoms with van der Waals surface area (Å²) in [7, 11) is 0. The number of amides is 2. The van der Waals surface area contributed by atoms with Crippen LogP contribution in [0, 0.1) is 24.1 Å². The second-order valence-electron chi connectivity index (χ2n) is 6.49. The predicted molar refractivity (Wildman–Crippen MR) is 106 cm³/mol. The SMILES string of the molecule is Cc1ccc(NC(=O)Nc2ccc(F)c(C(F)(F)F)c2)cc1Oc1ccc(C#N)cc1. The second kappa shape index (κ2) is 8.75. The van der Waals surface area contributed by atoms with Gasteiger partial charge in [0.15, 0.2) is 0 Å². The highest BCUT2D eigenvalue weighted by Crippen LogP contribution is 2.33. The molecule has 2 amide bonds. The molecule has 3 rings (SSSR count). The molecule has 158 valence electrons. The first-order chi connectivity index (χ1) is 14.7. The Hall–Kier alpha value is -4.06. The van der Waals surface area contributed by atoms with Crippen LogP contribution >= 0.6 is 0 Å². The van der Waals surface area contributed by atoms with Gasteiger partial charge in [-0.25, -0.2) is 9.18 Å². The van der Waals surface area contributed by atoms with E-state index in [1.54, 1.807) is 49.4 Å². The van der Waals surface area contributed by atoms with Crippen molar-refractivity contribution in [3.63, 3.8) is 0 Å². The number of carbonyl (C=O) groups is 1. The van der Waals surface area contributed by atoms with Crippen LogP contribution in [-0.4, -0.2) is 6.03 Å². The fraction of sp³-hybridized carbons (Fsp3) is 0.0909. The van der Waals surface area contributed by atoms with E-state index < -0.39 is 23.6 Å². The number of nitrogens with one attached hydrogen (secondary N) is 2. The summed E-state index contributed by atoms with van der Waals surface area (Å²) in [6.07, 6.45) is -4.88. The maximum absolute atomic E-state index is 13.4. The molecule has 31 heavy (non-hydrogen) atoms. The minimum absolute atomic E-state index is 0.215. The molecule has 9 heteroatoms. The summed E-state index contributed by atoms with van der Waals surface area (Å²) in [4.78, 5) is 12.2. The van der Waals surface area contributed by atoms with Crippen LogP contribution in [0.4, 0.5) is 33.7 Å². The van der Waals surface area contributed by atoms with Crippen LogP contribution in [0.25, 0.3) is 0 Å². The van der Waals surface area contributed by atoms with E-state index in [0.29, 0.717) is 34.9 Å². The van der Waals surface area contributed by atoms with Crippen molar-refractivity contribution in [1.29, 1.82) is 5.26 Å². The summed E-state index contributed by atoms with van der Waals surface area (Å²) in [5.74, 6) is -0.514. The number of nitriles is 1. The number of halogens is 4. The first-order valence-electron chi connectivity index (χ1n) is 8.89. The van der Waals surface area contributed by atoms with Gasteiger partial charge in [0.1, 0.15) is 17.3 Å². The second-order valence-corrected chi connectivity index (χ2v) is 6.49. The van der Waals surface area contributed by atoms with Gasteiger partial charge in [0.2, 0.25) is 0 Å². The number of hydrogen-bond donors (Lipinski definition) is 2. The maximum Gasteiger partial charge on any atom is 0.419 e. The molecule has 0 saturated carbocycles. The summed E-state index contributed by atoms with van der Waals surface area (Å²) in [5.41, 5.74) is -0.120. The monoisotopic (exact) mass is 429 g/mol. The van der Waals surface area contributed by atoms with Crippen molar-refractivity contribution in [2.75, 3.05) is 10.6 Å². The van der Waals surface area contributed by atoms with Crippen LogP contribution in [0.3, 0.4) is 0 Å². The summed E-state index contributed by atoms with van der Waals surface area (Å²) >= 11 is 0. The van der Waals surface area contributed by atoms with Crippen LogP contribution < -0.4 is 15.4 Å². The number of carbonyl (C=O) groups excluding carboxylic acids is 1. The Morgan fingerprint density at radius 3 is 2.19 bits per heavy atom. The van der Waals surface area contributed by atoms with Gasteiger partial charge in [-0.3, -0.25) is 0 Å². The normalized spacial score (nSPS) is 10.8. The summed E-state index contributed by atoms with van der Waals surface area (Å²) in [6, 6.07) is 14.6. The van der Waals surface area contributed by atoms with E-state index in [1.807, 2.05) is 6.07 Å². The fourth-order valence-corrected chi connectivity index (χ4v) is 2.63. The molecule has 0 heterocycles. The molecule has 5 nitrogen and oxygen atoms in total. The van der Waals surface area contributed by atoms with Crippen LogP contribution in [0.15, 0.2) is 60.7 Å². The van der Waals surface area contributed by atoms with Gasteiger partial charge in [-0.2, -0.15) is 18.4 Å². The van der Waals surface area contributed by atoms with Crippen LogP contribution in [0.5, 0.6) is 11.5 Å². The average Bonchev–Trinajstić information content (AvgIpc) is 2.71. The molecule has 0 unspecified atom stereocenters. The lowest BCUT2D eigenvalue weighted by molar-refractivity contribution is -0.139. The van der Waals surface area contributed by atoms with Crippen LogP contribution in [0.2, 0.25) is 0 Å². The van der Waals surface area contributed by atoms with E-state index in [4.69, 9.17) is 10.00 Å². The number of hydrogen-bond acceptors (Lipinski definition) is 3.